The summed E-state index contributed by atoms with van der Waals surface area (Å²) in [5, 5.41) is 3.33. The number of hydrogen-bond donors (Lipinski definition) is 1. The largest absolute Gasteiger partial charge is 0.330 e. The predicted molar refractivity (Wildman–Crippen MR) is 68.5 cm³/mol. The molecule has 0 aliphatic heterocycles. The average molecular weight is 223 g/mol. The van der Waals surface area contributed by atoms with E-state index >= 15 is 0 Å². The zero-order valence-electron chi connectivity index (χ0n) is 11.2. The van der Waals surface area contributed by atoms with Crippen molar-refractivity contribution in [2.45, 2.75) is 58.5 Å². The number of hydrogen-bond acceptors (Lipinski definition) is 2. The van der Waals surface area contributed by atoms with Gasteiger partial charge in [0.15, 0.2) is 0 Å². The number of nitrogens with one attached hydrogen (secondary N) is 1. The van der Waals surface area contributed by atoms with Crippen LogP contribution in [0.2, 0.25) is 0 Å². The van der Waals surface area contributed by atoms with Gasteiger partial charge in [0, 0.05) is 6.04 Å². The molecule has 0 fully saturated rings. The molecule has 16 heavy (non-hydrogen) atoms. The van der Waals surface area contributed by atoms with Crippen LogP contribution < -0.4 is 5.32 Å². The second kappa shape index (κ2) is 5.48. The van der Waals surface area contributed by atoms with Crippen LogP contribution in [-0.2, 0) is 5.54 Å². The van der Waals surface area contributed by atoms with E-state index in [9.17, 15) is 0 Å². The van der Waals surface area contributed by atoms with Crippen molar-refractivity contribution in [3.63, 3.8) is 0 Å². The first kappa shape index (κ1) is 13.2. The molecule has 1 atom stereocenters. The molecule has 0 saturated heterocycles. The summed E-state index contributed by atoms with van der Waals surface area (Å²) >= 11 is 0. The molecule has 1 aromatic rings. The molecule has 0 amide bonds. The summed E-state index contributed by atoms with van der Waals surface area (Å²) in [5.74, 6) is 0. The summed E-state index contributed by atoms with van der Waals surface area (Å²) in [6.45, 7) is 8.88. The number of imidazole rings is 1. The minimum atomic E-state index is -0.0169. The minimum Gasteiger partial charge on any atom is -0.330 e. The summed E-state index contributed by atoms with van der Waals surface area (Å²) in [6.07, 6.45) is 7.68. The lowest BCUT2D eigenvalue weighted by Crippen LogP contribution is -2.35. The van der Waals surface area contributed by atoms with Crippen LogP contribution in [0, 0.1) is 0 Å². The molecule has 0 aliphatic carbocycles. The van der Waals surface area contributed by atoms with Crippen LogP contribution in [0.1, 0.15) is 58.7 Å². The van der Waals surface area contributed by atoms with Crippen LogP contribution in [0.4, 0.5) is 0 Å². The Balaban J connectivity index is 2.85. The van der Waals surface area contributed by atoms with Gasteiger partial charge in [-0.25, -0.2) is 4.98 Å². The van der Waals surface area contributed by atoms with E-state index in [-0.39, 0.29) is 5.54 Å². The molecule has 1 heterocycles. The highest BCUT2D eigenvalue weighted by atomic mass is 15.1. The van der Waals surface area contributed by atoms with Gasteiger partial charge in [0.2, 0.25) is 0 Å². The molecule has 0 aromatic carbocycles. The van der Waals surface area contributed by atoms with Crippen molar-refractivity contribution in [3.05, 3.63) is 18.2 Å². The van der Waals surface area contributed by atoms with Crippen LogP contribution >= 0.6 is 0 Å². The maximum absolute atomic E-state index is 4.29. The van der Waals surface area contributed by atoms with Crippen molar-refractivity contribution in [2.75, 3.05) is 7.05 Å². The predicted octanol–water partition coefficient (Wildman–Crippen LogP) is 3.09. The molecule has 0 aliphatic rings. The van der Waals surface area contributed by atoms with Gasteiger partial charge in [-0.3, -0.25) is 0 Å². The molecule has 1 rings (SSSR count). The molecule has 1 N–H and O–H groups in total. The summed E-state index contributed by atoms with van der Waals surface area (Å²) in [7, 11) is 1.99. The maximum Gasteiger partial charge on any atom is 0.0951 e. The van der Waals surface area contributed by atoms with Gasteiger partial charge in [-0.05, 0) is 34.2 Å². The molecule has 0 radical (unpaired) electrons. The van der Waals surface area contributed by atoms with Crippen LogP contribution in [0.3, 0.4) is 0 Å². The third-order valence-electron chi connectivity index (χ3n) is 3.38. The van der Waals surface area contributed by atoms with Gasteiger partial charge in [-0.2, -0.15) is 0 Å². The van der Waals surface area contributed by atoms with Crippen LogP contribution in [0.25, 0.3) is 0 Å². The lowest BCUT2D eigenvalue weighted by molar-refractivity contribution is 0.378. The third-order valence-corrected chi connectivity index (χ3v) is 3.38. The van der Waals surface area contributed by atoms with E-state index in [1.807, 2.05) is 19.6 Å². The van der Waals surface area contributed by atoms with E-state index < -0.39 is 0 Å². The van der Waals surface area contributed by atoms with Gasteiger partial charge in [-0.15, -0.1) is 0 Å². The Morgan fingerprint density at radius 2 is 2.19 bits per heavy atom. The van der Waals surface area contributed by atoms with E-state index in [1.165, 1.54) is 25.0 Å². The fourth-order valence-corrected chi connectivity index (χ4v) is 1.91. The van der Waals surface area contributed by atoms with E-state index in [0.717, 1.165) is 0 Å². The highest BCUT2D eigenvalue weighted by Crippen LogP contribution is 2.24. The second-order valence-corrected chi connectivity index (χ2v) is 5.05. The zero-order chi connectivity index (χ0) is 12.2. The first-order valence-electron chi connectivity index (χ1n) is 6.24. The summed E-state index contributed by atoms with van der Waals surface area (Å²) < 4.78 is 2.30. The molecule has 92 valence electrons. The van der Waals surface area contributed by atoms with Gasteiger partial charge < -0.3 is 9.88 Å². The second-order valence-electron chi connectivity index (χ2n) is 5.05. The lowest BCUT2D eigenvalue weighted by atomic mass is 10.0. The Morgan fingerprint density at radius 3 is 2.75 bits per heavy atom. The van der Waals surface area contributed by atoms with Crippen molar-refractivity contribution < 1.29 is 0 Å². The molecule has 0 bridgehead atoms. The molecular formula is C13H25N3. The maximum atomic E-state index is 4.29. The Labute approximate surface area is 99.3 Å². The van der Waals surface area contributed by atoms with Crippen molar-refractivity contribution in [1.82, 2.24) is 14.9 Å². The number of unbranched alkanes of at least 4 members (excludes halogenated alkanes) is 1. The molecule has 1 aromatic heterocycles. The fourth-order valence-electron chi connectivity index (χ4n) is 1.91. The van der Waals surface area contributed by atoms with E-state index in [2.05, 4.69) is 42.6 Å². The number of rotatable bonds is 6. The smallest absolute Gasteiger partial charge is 0.0951 e. The first-order chi connectivity index (χ1) is 7.53. The molecule has 3 nitrogen and oxygen atoms in total. The van der Waals surface area contributed by atoms with Gasteiger partial charge in [0.25, 0.3) is 0 Å². The lowest BCUT2D eigenvalue weighted by Gasteiger charge is -2.28. The van der Waals surface area contributed by atoms with Crippen LogP contribution in [-0.4, -0.2) is 16.6 Å². The SMILES string of the molecule is CCCCC(C)n1cncc1C(C)(C)NC. The first-order valence-corrected chi connectivity index (χ1v) is 6.24. The summed E-state index contributed by atoms with van der Waals surface area (Å²) in [4.78, 5) is 4.29. The van der Waals surface area contributed by atoms with Crippen molar-refractivity contribution >= 4 is 0 Å². The fraction of sp³-hybridized carbons (Fsp3) is 0.769. The Hall–Kier alpha value is -0.830. The normalized spacial score (nSPS) is 14.1. The summed E-state index contributed by atoms with van der Waals surface area (Å²) in [6, 6.07) is 0.532. The van der Waals surface area contributed by atoms with Gasteiger partial charge in [0.1, 0.15) is 0 Å². The topological polar surface area (TPSA) is 29.9 Å². The monoisotopic (exact) mass is 223 g/mol. The third kappa shape index (κ3) is 2.85. The van der Waals surface area contributed by atoms with Crippen molar-refractivity contribution in [3.8, 4) is 0 Å². The Bertz CT molecular complexity index is 315. The Morgan fingerprint density at radius 1 is 1.50 bits per heavy atom. The highest BCUT2D eigenvalue weighted by Gasteiger charge is 2.23. The number of aromatic nitrogens is 2. The van der Waals surface area contributed by atoms with E-state index in [0.29, 0.717) is 6.04 Å². The molecular weight excluding hydrogens is 198 g/mol. The number of nitrogens with zero attached hydrogens (tertiary/aromatic N) is 2. The van der Waals surface area contributed by atoms with E-state index in [4.69, 9.17) is 0 Å². The van der Waals surface area contributed by atoms with Crippen molar-refractivity contribution in [1.29, 1.82) is 0 Å². The molecule has 0 spiro atoms. The minimum absolute atomic E-state index is 0.0169. The highest BCUT2D eigenvalue weighted by molar-refractivity contribution is 5.11. The van der Waals surface area contributed by atoms with Crippen molar-refractivity contribution in [2.24, 2.45) is 0 Å². The molecule has 3 heteroatoms. The molecule has 1 unspecified atom stereocenters. The average Bonchev–Trinajstić information content (AvgIpc) is 2.75. The Kier molecular flexibility index (Phi) is 4.54. The van der Waals surface area contributed by atoms with Gasteiger partial charge >= 0.3 is 0 Å². The van der Waals surface area contributed by atoms with Crippen LogP contribution in [0.15, 0.2) is 12.5 Å². The van der Waals surface area contributed by atoms with Crippen LogP contribution in [0.5, 0.6) is 0 Å². The van der Waals surface area contributed by atoms with Gasteiger partial charge in [-0.1, -0.05) is 19.8 Å². The standard InChI is InChI=1S/C13H25N3/c1-6-7-8-11(2)16-10-15-9-12(16)13(3,4)14-5/h9-11,14H,6-8H2,1-5H3. The van der Waals surface area contributed by atoms with Gasteiger partial charge in [0.05, 0.1) is 23.8 Å². The van der Waals surface area contributed by atoms with E-state index in [1.54, 1.807) is 0 Å². The zero-order valence-corrected chi connectivity index (χ0v) is 11.2. The quantitative estimate of drug-likeness (QED) is 0.803. The summed E-state index contributed by atoms with van der Waals surface area (Å²) in [5.41, 5.74) is 1.25. The molecule has 0 saturated carbocycles.